The highest BCUT2D eigenvalue weighted by atomic mass is 16.5. The summed E-state index contributed by atoms with van der Waals surface area (Å²) in [6.07, 6.45) is 1.43. The molecule has 5 rings (SSSR count). The van der Waals surface area contributed by atoms with Crippen LogP contribution in [0.4, 0.5) is 0 Å². The molecule has 6 nitrogen and oxygen atoms in total. The number of nitrogens with zero attached hydrogens (tertiary/aromatic N) is 2. The standard InChI is InChI=1S/C19H10N2O4/c22-16-8-6-11-5-7-12(9-15(11)24-16)23-19-18-17(20-10-21-19)13-3-1-2-4-14(13)25-18/h1-10H. The Hall–Kier alpha value is -3.67. The summed E-state index contributed by atoms with van der Waals surface area (Å²) in [7, 11) is 0. The van der Waals surface area contributed by atoms with Crippen molar-refractivity contribution < 1.29 is 13.6 Å². The molecule has 0 aliphatic carbocycles. The Labute approximate surface area is 140 Å². The molecule has 3 aromatic heterocycles. The van der Waals surface area contributed by atoms with Gasteiger partial charge in [0.25, 0.3) is 5.88 Å². The first-order valence-corrected chi connectivity index (χ1v) is 7.62. The minimum absolute atomic E-state index is 0.304. The van der Waals surface area contributed by atoms with Crippen LogP contribution in [0.1, 0.15) is 0 Å². The summed E-state index contributed by atoms with van der Waals surface area (Å²) in [5, 5.41) is 1.71. The number of fused-ring (bicyclic) bond motifs is 4. The van der Waals surface area contributed by atoms with Gasteiger partial charge >= 0.3 is 5.63 Å². The fourth-order valence-electron chi connectivity index (χ4n) is 2.79. The summed E-state index contributed by atoms with van der Waals surface area (Å²) in [6, 6.07) is 15.9. The lowest BCUT2D eigenvalue weighted by atomic mass is 10.2. The van der Waals surface area contributed by atoms with Crippen LogP contribution in [0, 0.1) is 0 Å². The number of hydrogen-bond donors (Lipinski definition) is 0. The average Bonchev–Trinajstić information content (AvgIpc) is 3.01. The van der Waals surface area contributed by atoms with E-state index in [0.717, 1.165) is 10.8 Å². The van der Waals surface area contributed by atoms with Gasteiger partial charge in [0, 0.05) is 22.9 Å². The maximum atomic E-state index is 11.4. The molecule has 0 saturated carbocycles. The average molecular weight is 330 g/mol. The Morgan fingerprint density at radius 2 is 1.76 bits per heavy atom. The van der Waals surface area contributed by atoms with Crippen molar-refractivity contribution in [2.45, 2.75) is 0 Å². The lowest BCUT2D eigenvalue weighted by Crippen LogP contribution is -1.95. The highest BCUT2D eigenvalue weighted by Crippen LogP contribution is 2.34. The minimum atomic E-state index is -0.411. The number of rotatable bonds is 2. The van der Waals surface area contributed by atoms with Crippen LogP contribution in [-0.2, 0) is 0 Å². The summed E-state index contributed by atoms with van der Waals surface area (Å²) in [5.74, 6) is 0.793. The molecule has 0 amide bonds. The zero-order valence-corrected chi connectivity index (χ0v) is 12.8. The molecule has 2 aromatic carbocycles. The SMILES string of the molecule is O=c1ccc2ccc(Oc3ncnc4c3oc3ccccc34)cc2o1. The number of para-hydroxylation sites is 1. The summed E-state index contributed by atoms with van der Waals surface area (Å²) in [6.45, 7) is 0. The van der Waals surface area contributed by atoms with E-state index >= 15 is 0 Å². The summed E-state index contributed by atoms with van der Waals surface area (Å²) >= 11 is 0. The van der Waals surface area contributed by atoms with Gasteiger partial charge in [0.1, 0.15) is 28.8 Å². The van der Waals surface area contributed by atoms with E-state index in [4.69, 9.17) is 13.6 Å². The normalized spacial score (nSPS) is 11.4. The summed E-state index contributed by atoms with van der Waals surface area (Å²) in [5.41, 5.74) is 1.91. The summed E-state index contributed by atoms with van der Waals surface area (Å²) < 4.78 is 16.9. The Bertz CT molecular complexity index is 1300. The molecule has 0 radical (unpaired) electrons. The molecule has 0 aliphatic rings. The quantitative estimate of drug-likeness (QED) is 0.450. The number of ether oxygens (including phenoxy) is 1. The van der Waals surface area contributed by atoms with Gasteiger partial charge < -0.3 is 13.6 Å². The number of aromatic nitrogens is 2. The van der Waals surface area contributed by atoms with Crippen LogP contribution in [0.2, 0.25) is 0 Å². The lowest BCUT2D eigenvalue weighted by molar-refractivity contribution is 0.455. The molecule has 5 aromatic rings. The van der Waals surface area contributed by atoms with Crippen molar-refractivity contribution in [1.82, 2.24) is 9.97 Å². The molecule has 0 bridgehead atoms. The molecule has 0 saturated heterocycles. The third-order valence-electron chi connectivity index (χ3n) is 3.93. The van der Waals surface area contributed by atoms with E-state index in [2.05, 4.69) is 9.97 Å². The van der Waals surface area contributed by atoms with E-state index in [9.17, 15) is 4.79 Å². The molecule has 0 fully saturated rings. The van der Waals surface area contributed by atoms with Gasteiger partial charge in [-0.25, -0.2) is 9.78 Å². The van der Waals surface area contributed by atoms with E-state index < -0.39 is 5.63 Å². The highest BCUT2D eigenvalue weighted by molar-refractivity contribution is 6.03. The fourth-order valence-corrected chi connectivity index (χ4v) is 2.79. The third kappa shape index (κ3) is 2.23. The van der Waals surface area contributed by atoms with Crippen molar-refractivity contribution in [2.75, 3.05) is 0 Å². The Balaban J connectivity index is 1.65. The monoisotopic (exact) mass is 330 g/mol. The topological polar surface area (TPSA) is 78.4 Å². The smallest absolute Gasteiger partial charge is 0.336 e. The molecule has 6 heteroatoms. The van der Waals surface area contributed by atoms with Crippen LogP contribution in [0.15, 0.2) is 74.6 Å². The maximum absolute atomic E-state index is 11.4. The first kappa shape index (κ1) is 13.7. The lowest BCUT2D eigenvalue weighted by Gasteiger charge is -2.05. The molecule has 0 spiro atoms. The Morgan fingerprint density at radius 1 is 0.880 bits per heavy atom. The van der Waals surface area contributed by atoms with Crippen LogP contribution in [-0.4, -0.2) is 9.97 Å². The number of furan rings is 1. The molecule has 0 unspecified atom stereocenters. The zero-order valence-electron chi connectivity index (χ0n) is 12.8. The third-order valence-corrected chi connectivity index (χ3v) is 3.93. The van der Waals surface area contributed by atoms with E-state index in [1.807, 2.05) is 30.3 Å². The highest BCUT2D eigenvalue weighted by Gasteiger charge is 2.14. The molecule has 25 heavy (non-hydrogen) atoms. The van der Waals surface area contributed by atoms with Crippen LogP contribution < -0.4 is 10.4 Å². The van der Waals surface area contributed by atoms with Crippen LogP contribution in [0.3, 0.4) is 0 Å². The van der Waals surface area contributed by atoms with Gasteiger partial charge in [0.15, 0.2) is 0 Å². The van der Waals surface area contributed by atoms with Gasteiger partial charge in [-0.2, -0.15) is 4.98 Å². The second-order valence-corrected chi connectivity index (χ2v) is 5.51. The van der Waals surface area contributed by atoms with Crippen molar-refractivity contribution in [3.05, 3.63) is 71.3 Å². The van der Waals surface area contributed by atoms with Gasteiger partial charge in [0.2, 0.25) is 5.58 Å². The molecule has 3 heterocycles. The van der Waals surface area contributed by atoms with E-state index in [1.165, 1.54) is 12.4 Å². The van der Waals surface area contributed by atoms with E-state index in [0.29, 0.717) is 33.9 Å². The van der Waals surface area contributed by atoms with Crippen LogP contribution in [0.25, 0.3) is 33.0 Å². The number of hydrogen-bond acceptors (Lipinski definition) is 6. The van der Waals surface area contributed by atoms with Crippen LogP contribution >= 0.6 is 0 Å². The fraction of sp³-hybridized carbons (Fsp3) is 0. The zero-order chi connectivity index (χ0) is 16.8. The maximum Gasteiger partial charge on any atom is 0.336 e. The predicted octanol–water partition coefficient (Wildman–Crippen LogP) is 4.27. The Morgan fingerprint density at radius 3 is 2.72 bits per heavy atom. The van der Waals surface area contributed by atoms with Crippen molar-refractivity contribution in [3.8, 4) is 11.6 Å². The molecular formula is C19H10N2O4. The van der Waals surface area contributed by atoms with Gasteiger partial charge in [-0.05, 0) is 30.3 Å². The van der Waals surface area contributed by atoms with Gasteiger partial charge in [-0.3, -0.25) is 0 Å². The van der Waals surface area contributed by atoms with Gasteiger partial charge in [-0.15, -0.1) is 0 Å². The van der Waals surface area contributed by atoms with Crippen molar-refractivity contribution in [1.29, 1.82) is 0 Å². The second-order valence-electron chi connectivity index (χ2n) is 5.51. The molecule has 0 N–H and O–H groups in total. The predicted molar refractivity (Wildman–Crippen MR) is 91.9 cm³/mol. The first-order chi connectivity index (χ1) is 12.3. The van der Waals surface area contributed by atoms with Crippen molar-refractivity contribution in [2.24, 2.45) is 0 Å². The summed E-state index contributed by atoms with van der Waals surface area (Å²) in [4.78, 5) is 19.8. The van der Waals surface area contributed by atoms with Gasteiger partial charge in [0.05, 0.1) is 0 Å². The molecule has 0 aliphatic heterocycles. The first-order valence-electron chi connectivity index (χ1n) is 7.62. The van der Waals surface area contributed by atoms with E-state index in [-0.39, 0.29) is 0 Å². The molecule has 0 atom stereocenters. The van der Waals surface area contributed by atoms with E-state index in [1.54, 1.807) is 18.2 Å². The van der Waals surface area contributed by atoms with Gasteiger partial charge in [-0.1, -0.05) is 12.1 Å². The van der Waals surface area contributed by atoms with Crippen molar-refractivity contribution >= 4 is 33.0 Å². The molecule has 120 valence electrons. The minimum Gasteiger partial charge on any atom is -0.449 e. The Kier molecular flexibility index (Phi) is 2.84. The largest absolute Gasteiger partial charge is 0.449 e. The second kappa shape index (κ2) is 5.17. The molecular weight excluding hydrogens is 320 g/mol. The van der Waals surface area contributed by atoms with Crippen molar-refractivity contribution in [3.63, 3.8) is 0 Å². The number of benzene rings is 2. The van der Waals surface area contributed by atoms with Crippen LogP contribution in [0.5, 0.6) is 11.6 Å².